The van der Waals surface area contributed by atoms with Crippen molar-refractivity contribution in [1.29, 1.82) is 0 Å². The predicted molar refractivity (Wildman–Crippen MR) is 80.0 cm³/mol. The second-order valence-electron chi connectivity index (χ2n) is 5.88. The Hall–Kier alpha value is -1.53. The molecule has 2 fully saturated rings. The lowest BCUT2D eigenvalue weighted by molar-refractivity contribution is 0.0665. The number of likely N-dealkylation sites (tertiary alicyclic amines) is 1. The van der Waals surface area contributed by atoms with E-state index in [1.807, 2.05) is 4.90 Å². The maximum absolute atomic E-state index is 13.3. The molecule has 0 saturated carbocycles. The molecule has 2 aliphatic heterocycles. The molecule has 3 rings (SSSR count). The third-order valence-corrected chi connectivity index (χ3v) is 4.89. The molecule has 0 unspecified atom stereocenters. The molecule has 6 heteroatoms. The van der Waals surface area contributed by atoms with Gasteiger partial charge in [0, 0.05) is 36.3 Å². The Morgan fingerprint density at radius 1 is 1.45 bits per heavy atom. The van der Waals surface area contributed by atoms with E-state index in [1.54, 1.807) is 6.07 Å². The molecule has 2 saturated heterocycles. The minimum atomic E-state index is -0.621. The summed E-state index contributed by atoms with van der Waals surface area (Å²) in [5.41, 5.74) is 0.360. The number of ether oxygens (including phenoxy) is 1. The summed E-state index contributed by atoms with van der Waals surface area (Å²) < 4.78 is 18.9. The molecule has 1 aromatic heterocycles. The first-order valence-electron chi connectivity index (χ1n) is 7.90. The lowest BCUT2D eigenvalue weighted by atomic mass is 9.98. The van der Waals surface area contributed by atoms with Gasteiger partial charge in [0.2, 0.25) is 5.95 Å². The summed E-state index contributed by atoms with van der Waals surface area (Å²) >= 11 is 0. The molecule has 3 atom stereocenters. The van der Waals surface area contributed by atoms with Gasteiger partial charge in [-0.2, -0.15) is 4.39 Å². The largest absolute Gasteiger partial charge is 0.379 e. The molecule has 0 bridgehead atoms. The highest BCUT2D eigenvalue weighted by Crippen LogP contribution is 2.34. The number of carbonyl (C=O) groups is 1. The molecule has 0 N–H and O–H groups in total. The van der Waals surface area contributed by atoms with E-state index < -0.39 is 5.95 Å². The number of hydrogen-bond donors (Lipinski definition) is 0. The topological polar surface area (TPSA) is 45.7 Å². The van der Waals surface area contributed by atoms with E-state index in [9.17, 15) is 9.18 Å². The van der Waals surface area contributed by atoms with Gasteiger partial charge in [-0.1, -0.05) is 13.8 Å². The zero-order valence-corrected chi connectivity index (χ0v) is 13.0. The van der Waals surface area contributed by atoms with E-state index in [2.05, 4.69) is 23.7 Å². The molecule has 5 nitrogen and oxygen atoms in total. The number of rotatable bonds is 4. The second-order valence-corrected chi connectivity index (χ2v) is 5.88. The Morgan fingerprint density at radius 2 is 2.23 bits per heavy atom. The molecular weight excluding hydrogens is 285 g/mol. The maximum Gasteiger partial charge on any atom is 0.254 e. The molecule has 0 radical (unpaired) electrons. The highest BCUT2D eigenvalue weighted by atomic mass is 19.1. The van der Waals surface area contributed by atoms with Gasteiger partial charge >= 0.3 is 0 Å². The van der Waals surface area contributed by atoms with Crippen molar-refractivity contribution in [2.24, 2.45) is 5.92 Å². The Balaban J connectivity index is 1.83. The van der Waals surface area contributed by atoms with Crippen molar-refractivity contribution in [3.8, 4) is 0 Å². The predicted octanol–water partition coefficient (Wildman–Crippen LogP) is 1.40. The van der Waals surface area contributed by atoms with Crippen molar-refractivity contribution < 1.29 is 13.9 Å². The van der Waals surface area contributed by atoms with E-state index in [-0.39, 0.29) is 11.9 Å². The molecule has 3 heterocycles. The molecule has 2 aliphatic rings. The summed E-state index contributed by atoms with van der Waals surface area (Å²) in [5.74, 6) is -0.406. The summed E-state index contributed by atoms with van der Waals surface area (Å²) in [6.07, 6.45) is 1.34. The fraction of sp³-hybridized carbons (Fsp3) is 0.625. The Kier molecular flexibility index (Phi) is 4.40. The van der Waals surface area contributed by atoms with E-state index in [0.717, 1.165) is 13.1 Å². The molecule has 120 valence electrons. The van der Waals surface area contributed by atoms with Crippen molar-refractivity contribution in [3.05, 3.63) is 29.8 Å². The number of fused-ring (bicyclic) bond motifs is 1. The molecule has 1 aromatic rings. The van der Waals surface area contributed by atoms with Crippen molar-refractivity contribution in [2.45, 2.75) is 25.9 Å². The fourth-order valence-corrected chi connectivity index (χ4v) is 3.73. The fourth-order valence-electron chi connectivity index (χ4n) is 3.73. The number of nitrogens with zero attached hydrogens (tertiary/aromatic N) is 3. The molecule has 0 aromatic carbocycles. The zero-order chi connectivity index (χ0) is 15.7. The van der Waals surface area contributed by atoms with Crippen LogP contribution in [0.25, 0.3) is 0 Å². The number of carbonyl (C=O) groups excluding carboxylic acids is 1. The van der Waals surface area contributed by atoms with Crippen LogP contribution in [0, 0.1) is 11.9 Å². The van der Waals surface area contributed by atoms with Crippen LogP contribution >= 0.6 is 0 Å². The lowest BCUT2D eigenvalue weighted by Gasteiger charge is -2.29. The molecule has 1 amide bonds. The van der Waals surface area contributed by atoms with Gasteiger partial charge in [-0.05, 0) is 19.2 Å². The number of halogens is 1. The van der Waals surface area contributed by atoms with Crippen LogP contribution in [0.3, 0.4) is 0 Å². The number of hydrogen-bond acceptors (Lipinski definition) is 4. The molecule has 0 spiro atoms. The van der Waals surface area contributed by atoms with Crippen molar-refractivity contribution in [3.63, 3.8) is 0 Å². The zero-order valence-electron chi connectivity index (χ0n) is 13.0. The van der Waals surface area contributed by atoms with Gasteiger partial charge in [-0.3, -0.25) is 9.69 Å². The van der Waals surface area contributed by atoms with Crippen molar-refractivity contribution in [2.75, 3.05) is 32.8 Å². The van der Waals surface area contributed by atoms with E-state index >= 15 is 0 Å². The van der Waals surface area contributed by atoms with Crippen LogP contribution < -0.4 is 0 Å². The summed E-state index contributed by atoms with van der Waals surface area (Å²) in [6.45, 7) is 8.13. The Bertz CT molecular complexity index is 550. The smallest absolute Gasteiger partial charge is 0.254 e. The first-order valence-corrected chi connectivity index (χ1v) is 7.90. The van der Waals surface area contributed by atoms with Crippen molar-refractivity contribution in [1.82, 2.24) is 14.8 Å². The Morgan fingerprint density at radius 3 is 2.91 bits per heavy atom. The highest BCUT2D eigenvalue weighted by molar-refractivity contribution is 5.94. The van der Waals surface area contributed by atoms with E-state index in [1.165, 1.54) is 12.3 Å². The van der Waals surface area contributed by atoms with Gasteiger partial charge in [0.25, 0.3) is 5.91 Å². The van der Waals surface area contributed by atoms with Gasteiger partial charge in [0.1, 0.15) is 0 Å². The van der Waals surface area contributed by atoms with Gasteiger partial charge < -0.3 is 9.64 Å². The minimum Gasteiger partial charge on any atom is -0.379 e. The number of pyridine rings is 1. The first kappa shape index (κ1) is 15.4. The highest BCUT2D eigenvalue weighted by Gasteiger charge is 2.48. The number of amides is 1. The average molecular weight is 307 g/mol. The monoisotopic (exact) mass is 307 g/mol. The van der Waals surface area contributed by atoms with E-state index in [4.69, 9.17) is 4.74 Å². The van der Waals surface area contributed by atoms with Crippen LogP contribution in [0.4, 0.5) is 4.39 Å². The third kappa shape index (κ3) is 2.61. The normalized spacial score (nSPS) is 27.5. The van der Waals surface area contributed by atoms with Crippen LogP contribution in [0.15, 0.2) is 18.3 Å². The minimum absolute atomic E-state index is 0.0920. The van der Waals surface area contributed by atoms with Gasteiger partial charge in [-0.25, -0.2) is 4.98 Å². The quantitative estimate of drug-likeness (QED) is 0.789. The lowest BCUT2D eigenvalue weighted by Crippen LogP contribution is -2.42. The van der Waals surface area contributed by atoms with Crippen LogP contribution in [-0.4, -0.2) is 65.6 Å². The summed E-state index contributed by atoms with van der Waals surface area (Å²) in [7, 11) is 0. The van der Waals surface area contributed by atoms with Gasteiger partial charge in [0.05, 0.1) is 19.3 Å². The Labute approximate surface area is 130 Å². The second kappa shape index (κ2) is 6.30. The van der Waals surface area contributed by atoms with Crippen LogP contribution in [0.1, 0.15) is 24.2 Å². The van der Waals surface area contributed by atoms with Gasteiger partial charge in [-0.15, -0.1) is 0 Å². The average Bonchev–Trinajstić information content (AvgIpc) is 3.11. The SMILES string of the molecule is CCN(CC)[C@@H]1CN(C(=O)c2ccnc(F)c2)[C@@H]2COC[C@H]12. The molecule has 0 aliphatic carbocycles. The third-order valence-electron chi connectivity index (χ3n) is 4.89. The molecule has 22 heavy (non-hydrogen) atoms. The van der Waals surface area contributed by atoms with Crippen molar-refractivity contribution >= 4 is 5.91 Å². The van der Waals surface area contributed by atoms with Crippen LogP contribution in [0.5, 0.6) is 0 Å². The maximum atomic E-state index is 13.3. The summed E-state index contributed by atoms with van der Waals surface area (Å²) in [5, 5.41) is 0. The number of likely N-dealkylation sites (N-methyl/N-ethyl adjacent to an activating group) is 1. The van der Waals surface area contributed by atoms with Gasteiger partial charge in [0.15, 0.2) is 0 Å². The van der Waals surface area contributed by atoms with Crippen LogP contribution in [0.2, 0.25) is 0 Å². The molecular formula is C16H22FN3O2. The van der Waals surface area contributed by atoms with Crippen LogP contribution in [-0.2, 0) is 4.74 Å². The van der Waals surface area contributed by atoms with E-state index in [0.29, 0.717) is 37.3 Å². The standard InChI is InChI=1S/C16H22FN3O2/c1-3-19(4-2)13-8-20(14-10-22-9-12(13)14)16(21)11-5-6-18-15(17)7-11/h5-7,12-14H,3-4,8-10H2,1-2H3/t12-,13-,14-/m1/s1. The summed E-state index contributed by atoms with van der Waals surface area (Å²) in [4.78, 5) is 20.5. The summed E-state index contributed by atoms with van der Waals surface area (Å²) in [6, 6.07) is 3.19. The first-order chi connectivity index (χ1) is 10.7. The number of aromatic nitrogens is 1.